The second kappa shape index (κ2) is 5.52. The third kappa shape index (κ3) is 2.44. The first-order valence-corrected chi connectivity index (χ1v) is 7.49. The summed E-state index contributed by atoms with van der Waals surface area (Å²) in [7, 11) is 0. The molecule has 1 aliphatic heterocycles. The minimum Gasteiger partial charge on any atom is -0.331 e. The molecule has 1 saturated carbocycles. The van der Waals surface area contributed by atoms with Gasteiger partial charge in [-0.05, 0) is 30.5 Å². The molecule has 2 unspecified atom stereocenters. The van der Waals surface area contributed by atoms with Gasteiger partial charge in [0.1, 0.15) is 5.82 Å². The number of nitrogens with zero attached hydrogens (tertiary/aromatic N) is 1. The number of benzene rings is 1. The third-order valence-corrected chi connectivity index (χ3v) is 4.58. The van der Waals surface area contributed by atoms with E-state index in [0.29, 0.717) is 12.5 Å². The van der Waals surface area contributed by atoms with E-state index in [1.54, 1.807) is 12.1 Å². The van der Waals surface area contributed by atoms with Gasteiger partial charge in [-0.2, -0.15) is 0 Å². The maximum absolute atomic E-state index is 13.1. The highest BCUT2D eigenvalue weighted by molar-refractivity contribution is 5.80. The first-order chi connectivity index (χ1) is 9.66. The third-order valence-electron chi connectivity index (χ3n) is 4.58. The lowest BCUT2D eigenvalue weighted by Crippen LogP contribution is -2.41. The molecule has 1 aromatic carbocycles. The molecule has 108 valence electrons. The average molecular weight is 276 g/mol. The van der Waals surface area contributed by atoms with E-state index in [1.165, 1.54) is 31.4 Å². The summed E-state index contributed by atoms with van der Waals surface area (Å²) in [6.45, 7) is 0. The monoisotopic (exact) mass is 276 g/mol. The summed E-state index contributed by atoms with van der Waals surface area (Å²) in [6.07, 6.45) is 6.15. The summed E-state index contributed by atoms with van der Waals surface area (Å²) in [4.78, 5) is 14.3. The summed E-state index contributed by atoms with van der Waals surface area (Å²) in [5, 5.41) is 0. The van der Waals surface area contributed by atoms with Crippen molar-refractivity contribution in [2.75, 3.05) is 0 Å². The van der Waals surface area contributed by atoms with Crippen LogP contribution in [0.15, 0.2) is 24.3 Å². The van der Waals surface area contributed by atoms with Gasteiger partial charge in [-0.15, -0.1) is 0 Å². The van der Waals surface area contributed by atoms with E-state index in [4.69, 9.17) is 5.73 Å². The number of halogens is 1. The largest absolute Gasteiger partial charge is 0.331 e. The van der Waals surface area contributed by atoms with Crippen LogP contribution in [0.25, 0.3) is 0 Å². The quantitative estimate of drug-likeness (QED) is 0.902. The molecule has 1 aliphatic carbocycles. The SMILES string of the molecule is NC1CC(=O)N(C2CCCCC2)C1c1ccc(F)cc1. The van der Waals surface area contributed by atoms with Crippen molar-refractivity contribution in [3.8, 4) is 0 Å². The maximum Gasteiger partial charge on any atom is 0.225 e. The van der Waals surface area contributed by atoms with E-state index in [2.05, 4.69) is 0 Å². The van der Waals surface area contributed by atoms with Crippen LogP contribution in [0.4, 0.5) is 4.39 Å². The first kappa shape index (κ1) is 13.6. The maximum atomic E-state index is 13.1. The van der Waals surface area contributed by atoms with Crippen LogP contribution in [0.3, 0.4) is 0 Å². The molecule has 0 aromatic heterocycles. The van der Waals surface area contributed by atoms with Crippen molar-refractivity contribution in [2.45, 2.75) is 56.7 Å². The predicted molar refractivity (Wildman–Crippen MR) is 75.5 cm³/mol. The summed E-state index contributed by atoms with van der Waals surface area (Å²) < 4.78 is 13.1. The molecule has 1 aromatic rings. The van der Waals surface area contributed by atoms with Crippen molar-refractivity contribution in [1.29, 1.82) is 0 Å². The van der Waals surface area contributed by atoms with E-state index >= 15 is 0 Å². The van der Waals surface area contributed by atoms with Gasteiger partial charge in [0.2, 0.25) is 5.91 Å². The minimum atomic E-state index is -0.254. The number of likely N-dealkylation sites (tertiary alicyclic amines) is 1. The molecule has 3 nitrogen and oxygen atoms in total. The molecule has 0 radical (unpaired) electrons. The van der Waals surface area contributed by atoms with Crippen LogP contribution >= 0.6 is 0 Å². The van der Waals surface area contributed by atoms with Crippen LogP contribution < -0.4 is 5.73 Å². The molecular formula is C16H21FN2O. The van der Waals surface area contributed by atoms with Crippen molar-refractivity contribution in [1.82, 2.24) is 4.90 Å². The number of hydrogen-bond acceptors (Lipinski definition) is 2. The molecule has 20 heavy (non-hydrogen) atoms. The Morgan fingerprint density at radius 2 is 1.75 bits per heavy atom. The molecule has 2 aliphatic rings. The molecule has 2 atom stereocenters. The van der Waals surface area contributed by atoms with Gasteiger partial charge < -0.3 is 10.6 Å². The number of nitrogens with two attached hydrogens (primary N) is 1. The van der Waals surface area contributed by atoms with Crippen LogP contribution in [-0.4, -0.2) is 22.9 Å². The van der Waals surface area contributed by atoms with Gasteiger partial charge in [0.25, 0.3) is 0 Å². The Morgan fingerprint density at radius 1 is 1.10 bits per heavy atom. The van der Waals surface area contributed by atoms with E-state index in [9.17, 15) is 9.18 Å². The van der Waals surface area contributed by atoms with Crippen molar-refractivity contribution in [3.63, 3.8) is 0 Å². The molecule has 0 bridgehead atoms. The van der Waals surface area contributed by atoms with Crippen LogP contribution in [0.2, 0.25) is 0 Å². The van der Waals surface area contributed by atoms with E-state index < -0.39 is 0 Å². The van der Waals surface area contributed by atoms with Crippen LogP contribution in [0.5, 0.6) is 0 Å². The number of rotatable bonds is 2. The second-order valence-electron chi connectivity index (χ2n) is 5.96. The molecule has 4 heteroatoms. The lowest BCUT2D eigenvalue weighted by molar-refractivity contribution is -0.132. The fraction of sp³-hybridized carbons (Fsp3) is 0.562. The Kier molecular flexibility index (Phi) is 3.74. The normalized spacial score (nSPS) is 28.1. The van der Waals surface area contributed by atoms with Gasteiger partial charge in [0.15, 0.2) is 0 Å². The highest BCUT2D eigenvalue weighted by atomic mass is 19.1. The zero-order valence-electron chi connectivity index (χ0n) is 11.6. The molecule has 3 rings (SSSR count). The van der Waals surface area contributed by atoms with Crippen LogP contribution in [-0.2, 0) is 4.79 Å². The Labute approximate surface area is 118 Å². The van der Waals surface area contributed by atoms with E-state index in [0.717, 1.165) is 18.4 Å². The number of carbonyl (C=O) groups excluding carboxylic acids is 1. The fourth-order valence-electron chi connectivity index (χ4n) is 3.64. The van der Waals surface area contributed by atoms with Gasteiger partial charge >= 0.3 is 0 Å². The Bertz CT molecular complexity index is 482. The minimum absolute atomic E-state index is 0.0915. The molecule has 2 fully saturated rings. The highest BCUT2D eigenvalue weighted by Gasteiger charge is 2.42. The van der Waals surface area contributed by atoms with Gasteiger partial charge in [0, 0.05) is 18.5 Å². The molecule has 0 spiro atoms. The number of hydrogen-bond donors (Lipinski definition) is 1. The second-order valence-corrected chi connectivity index (χ2v) is 5.96. The first-order valence-electron chi connectivity index (χ1n) is 7.49. The van der Waals surface area contributed by atoms with Crippen molar-refractivity contribution in [2.24, 2.45) is 5.73 Å². The van der Waals surface area contributed by atoms with Gasteiger partial charge in [0.05, 0.1) is 6.04 Å². The summed E-state index contributed by atoms with van der Waals surface area (Å²) in [6, 6.07) is 6.44. The van der Waals surface area contributed by atoms with Gasteiger partial charge in [-0.3, -0.25) is 4.79 Å². The standard InChI is InChI=1S/C16H21FN2O/c17-12-8-6-11(7-9-12)16-14(18)10-15(20)19(16)13-4-2-1-3-5-13/h6-9,13-14,16H,1-5,10,18H2. The Hall–Kier alpha value is -1.42. The summed E-state index contributed by atoms with van der Waals surface area (Å²) in [5.41, 5.74) is 7.13. The lowest BCUT2D eigenvalue weighted by Gasteiger charge is -2.36. The van der Waals surface area contributed by atoms with Crippen molar-refractivity contribution >= 4 is 5.91 Å². The van der Waals surface area contributed by atoms with Crippen molar-refractivity contribution in [3.05, 3.63) is 35.6 Å². The number of carbonyl (C=O) groups is 1. The zero-order valence-corrected chi connectivity index (χ0v) is 11.6. The Balaban J connectivity index is 1.88. The van der Waals surface area contributed by atoms with Gasteiger partial charge in [-0.1, -0.05) is 31.4 Å². The Morgan fingerprint density at radius 3 is 2.40 bits per heavy atom. The van der Waals surface area contributed by atoms with E-state index in [1.807, 2.05) is 4.90 Å². The van der Waals surface area contributed by atoms with Crippen LogP contribution in [0.1, 0.15) is 50.1 Å². The lowest BCUT2D eigenvalue weighted by atomic mass is 9.92. The van der Waals surface area contributed by atoms with E-state index in [-0.39, 0.29) is 23.8 Å². The molecule has 1 saturated heterocycles. The fourth-order valence-corrected chi connectivity index (χ4v) is 3.64. The summed E-state index contributed by atoms with van der Waals surface area (Å²) >= 11 is 0. The van der Waals surface area contributed by atoms with Crippen LogP contribution in [0, 0.1) is 5.82 Å². The topological polar surface area (TPSA) is 46.3 Å². The van der Waals surface area contributed by atoms with Gasteiger partial charge in [-0.25, -0.2) is 4.39 Å². The zero-order chi connectivity index (χ0) is 14.1. The molecular weight excluding hydrogens is 255 g/mol. The smallest absolute Gasteiger partial charge is 0.225 e. The highest BCUT2D eigenvalue weighted by Crippen LogP contribution is 2.37. The predicted octanol–water partition coefficient (Wildman–Crippen LogP) is 2.76. The molecule has 1 amide bonds. The number of amides is 1. The molecule has 1 heterocycles. The summed E-state index contributed by atoms with van der Waals surface area (Å²) in [5.74, 6) is -0.102. The van der Waals surface area contributed by atoms with Crippen molar-refractivity contribution < 1.29 is 9.18 Å². The molecule has 2 N–H and O–H groups in total. The average Bonchev–Trinajstić information content (AvgIpc) is 2.75.